The molecular weight excluding hydrogens is 971 g/mol. The third kappa shape index (κ3) is 8.61. The number of para-hydroxylation sites is 2. The molecule has 0 atom stereocenters. The van der Waals surface area contributed by atoms with Crippen LogP contribution in [0.5, 0.6) is 0 Å². The van der Waals surface area contributed by atoms with E-state index >= 15 is 0 Å². The largest absolute Gasteiger partial charge is 0.501 e. The summed E-state index contributed by atoms with van der Waals surface area (Å²) >= 11 is 0. The first-order valence-electron chi connectivity index (χ1n) is 22.0. The zero-order valence-corrected chi connectivity index (χ0v) is 39.2. The van der Waals surface area contributed by atoms with Crippen molar-refractivity contribution in [3.05, 3.63) is 224 Å². The van der Waals surface area contributed by atoms with Crippen LogP contribution in [0.1, 0.15) is 50.7 Å². The monoisotopic (exact) mass is 1020 g/mol. The summed E-state index contributed by atoms with van der Waals surface area (Å²) in [7, 11) is 0. The zero-order valence-electron chi connectivity index (χ0n) is 36.8. The van der Waals surface area contributed by atoms with Gasteiger partial charge in [-0.05, 0) is 92.9 Å². The average Bonchev–Trinajstić information content (AvgIpc) is 3.93. The summed E-state index contributed by atoms with van der Waals surface area (Å²) in [5.41, 5.74) is 17.5. The van der Waals surface area contributed by atoms with Crippen molar-refractivity contribution in [2.75, 3.05) is 0 Å². The second kappa shape index (κ2) is 18.9. The number of benzene rings is 8. The fourth-order valence-electron chi connectivity index (χ4n) is 8.70. The number of nitrogens with zero attached hydrogens (tertiary/aromatic N) is 3. The van der Waals surface area contributed by atoms with Crippen molar-refractivity contribution in [2.24, 2.45) is 0 Å². The van der Waals surface area contributed by atoms with Crippen molar-refractivity contribution < 1.29 is 24.5 Å². The summed E-state index contributed by atoms with van der Waals surface area (Å²) in [6.07, 6.45) is 1.80. The van der Waals surface area contributed by atoms with E-state index in [4.69, 9.17) is 9.40 Å². The average molecular weight is 1020 g/mol. The molecule has 8 aromatic carbocycles. The number of furan rings is 1. The van der Waals surface area contributed by atoms with Gasteiger partial charge in [-0.3, -0.25) is 4.98 Å². The van der Waals surface area contributed by atoms with E-state index in [9.17, 15) is 0 Å². The van der Waals surface area contributed by atoms with Crippen LogP contribution in [-0.4, -0.2) is 14.5 Å². The van der Waals surface area contributed by atoms with E-state index in [-0.39, 0.29) is 31.9 Å². The van der Waals surface area contributed by atoms with E-state index in [1.54, 1.807) is 6.20 Å². The molecule has 4 nitrogen and oxygen atoms in total. The van der Waals surface area contributed by atoms with Gasteiger partial charge in [0.2, 0.25) is 0 Å². The first-order valence-corrected chi connectivity index (χ1v) is 22.0. The van der Waals surface area contributed by atoms with E-state index in [1.807, 2.05) is 54.6 Å². The van der Waals surface area contributed by atoms with Gasteiger partial charge in [-0.25, -0.2) is 0 Å². The molecule has 3 aromatic heterocycles. The van der Waals surface area contributed by atoms with Crippen LogP contribution in [-0.2, 0) is 20.1 Å². The smallest absolute Gasteiger partial charge is 0.121 e. The first-order chi connectivity index (χ1) is 31.4. The van der Waals surface area contributed by atoms with E-state index < -0.39 is 0 Å². The van der Waals surface area contributed by atoms with Gasteiger partial charge in [0.25, 0.3) is 0 Å². The van der Waals surface area contributed by atoms with Gasteiger partial charge in [0.15, 0.2) is 0 Å². The molecular formula is C60H47IrN3O-2. The molecule has 3 heterocycles. The number of imidazole rings is 1. The predicted octanol–water partition coefficient (Wildman–Crippen LogP) is 16.2. The molecule has 11 rings (SSSR count). The molecule has 0 fully saturated rings. The second-order valence-electron chi connectivity index (χ2n) is 16.8. The van der Waals surface area contributed by atoms with Gasteiger partial charge in [0.1, 0.15) is 5.58 Å². The van der Waals surface area contributed by atoms with Crippen LogP contribution in [0.4, 0.5) is 0 Å². The quantitative estimate of drug-likeness (QED) is 0.142. The fourth-order valence-corrected chi connectivity index (χ4v) is 8.70. The van der Waals surface area contributed by atoms with E-state index in [1.165, 1.54) is 44.6 Å². The maximum Gasteiger partial charge on any atom is 0.121 e. The van der Waals surface area contributed by atoms with Crippen LogP contribution in [0.2, 0.25) is 0 Å². The van der Waals surface area contributed by atoms with Gasteiger partial charge in [-0.2, -0.15) is 0 Å². The van der Waals surface area contributed by atoms with Crippen molar-refractivity contribution in [2.45, 2.75) is 39.5 Å². The Hall–Kier alpha value is -7.17. The molecule has 0 saturated heterocycles. The van der Waals surface area contributed by atoms with Gasteiger partial charge in [0, 0.05) is 37.4 Å². The number of hydrogen-bond donors (Lipinski definition) is 0. The standard InChI is InChI=1S/C43H35N2O.C17H12N.Ir/c1-27(2)36-24-32(30-16-9-6-10-17-30)25-37(28(3)4)41(36)45-39-21-12-11-20-38(39)44-43(45)35-19-13-18-34-33-23-22-31(26-40(33)46-42(34)35)29-14-7-5-8-15-29;1-2-7-14(8-3-1)15-9-6-10-16(13-15)17-11-4-5-12-18-17;/h5-18,20-28H,1-4H3;1-9,11-13H;/q2*-1;. The van der Waals surface area contributed by atoms with Gasteiger partial charge < -0.3 is 14.0 Å². The van der Waals surface area contributed by atoms with Crippen LogP contribution in [0, 0.1) is 12.1 Å². The Kier molecular flexibility index (Phi) is 12.5. The van der Waals surface area contributed by atoms with E-state index in [0.29, 0.717) is 0 Å². The number of aromatic nitrogens is 3. The van der Waals surface area contributed by atoms with E-state index in [0.717, 1.165) is 61.2 Å². The van der Waals surface area contributed by atoms with Crippen molar-refractivity contribution in [3.63, 3.8) is 0 Å². The van der Waals surface area contributed by atoms with Crippen molar-refractivity contribution in [3.8, 4) is 61.7 Å². The molecule has 0 aliphatic rings. The Balaban J connectivity index is 0.000000235. The normalized spacial score (nSPS) is 11.2. The Labute approximate surface area is 394 Å². The summed E-state index contributed by atoms with van der Waals surface area (Å²) in [6.45, 7) is 9.14. The molecule has 319 valence electrons. The minimum Gasteiger partial charge on any atom is -0.501 e. The third-order valence-corrected chi connectivity index (χ3v) is 11.9. The fraction of sp³-hybridized carbons (Fsp3) is 0.100. The molecule has 0 aliphatic carbocycles. The van der Waals surface area contributed by atoms with Crippen molar-refractivity contribution >= 4 is 33.0 Å². The first kappa shape index (κ1) is 43.1. The molecule has 0 aliphatic heterocycles. The third-order valence-electron chi connectivity index (χ3n) is 11.9. The summed E-state index contributed by atoms with van der Waals surface area (Å²) in [5.74, 6) is 1.41. The Morgan fingerprint density at radius 1 is 0.508 bits per heavy atom. The van der Waals surface area contributed by atoms with Gasteiger partial charge >= 0.3 is 0 Å². The summed E-state index contributed by atoms with van der Waals surface area (Å²) in [5, 5.41) is 2.15. The van der Waals surface area contributed by atoms with Crippen molar-refractivity contribution in [1.82, 2.24) is 14.5 Å². The molecule has 0 N–H and O–H groups in total. The molecule has 11 aromatic rings. The molecule has 0 unspecified atom stereocenters. The zero-order chi connectivity index (χ0) is 43.6. The molecule has 0 amide bonds. The Morgan fingerprint density at radius 3 is 1.72 bits per heavy atom. The van der Waals surface area contributed by atoms with Crippen LogP contribution >= 0.6 is 0 Å². The van der Waals surface area contributed by atoms with Gasteiger partial charge in [0.05, 0.1) is 22.4 Å². The van der Waals surface area contributed by atoms with Crippen LogP contribution < -0.4 is 0 Å². The maximum atomic E-state index is 6.73. The van der Waals surface area contributed by atoms with Crippen LogP contribution in [0.25, 0.3) is 94.7 Å². The summed E-state index contributed by atoms with van der Waals surface area (Å²) < 4.78 is 9.10. The summed E-state index contributed by atoms with van der Waals surface area (Å²) in [4.78, 5) is 9.65. The molecule has 0 bridgehead atoms. The molecule has 1 radical (unpaired) electrons. The molecule has 5 heteroatoms. The minimum atomic E-state index is 0. The van der Waals surface area contributed by atoms with Crippen LogP contribution in [0.15, 0.2) is 205 Å². The Bertz CT molecular complexity index is 3290. The topological polar surface area (TPSA) is 43.9 Å². The number of rotatable bonds is 8. The molecule has 0 saturated carbocycles. The number of hydrogen-bond acceptors (Lipinski definition) is 3. The summed E-state index contributed by atoms with van der Waals surface area (Å²) in [6, 6.07) is 74.1. The van der Waals surface area contributed by atoms with Crippen LogP contribution in [0.3, 0.4) is 0 Å². The van der Waals surface area contributed by atoms with Crippen molar-refractivity contribution in [1.29, 1.82) is 0 Å². The SMILES string of the molecule is CC(C)c1cc(-c2ccccc2)cc(C(C)C)c1-n1c(-c2[c-]ccc3c2oc2cc(-c4ccccc4)ccc23)nc2ccccc21.[Ir].[c-]1ccc(-c2ccccc2)cc1-c1ccccn1. The number of pyridine rings is 1. The van der Waals surface area contributed by atoms with Gasteiger partial charge in [-0.1, -0.05) is 166 Å². The van der Waals surface area contributed by atoms with E-state index in [2.05, 4.69) is 189 Å². The van der Waals surface area contributed by atoms with Gasteiger partial charge in [-0.15, -0.1) is 53.6 Å². The molecule has 65 heavy (non-hydrogen) atoms. The minimum absolute atomic E-state index is 0. The Morgan fingerprint density at radius 2 is 1.09 bits per heavy atom. The number of fused-ring (bicyclic) bond motifs is 4. The predicted molar refractivity (Wildman–Crippen MR) is 266 cm³/mol. The maximum absolute atomic E-state index is 6.73. The molecule has 0 spiro atoms. The second-order valence-corrected chi connectivity index (χ2v) is 16.8.